The lowest BCUT2D eigenvalue weighted by Crippen LogP contribution is -2.32. The molecule has 1 saturated carbocycles. The highest BCUT2D eigenvalue weighted by Gasteiger charge is 2.19. The number of aliphatic hydroxyl groups is 1. The van der Waals surface area contributed by atoms with Crippen molar-refractivity contribution in [3.05, 3.63) is 0 Å². The topological polar surface area (TPSA) is 75.4 Å². The number of hydrogen-bond acceptors (Lipinski definition) is 3. The molecular formula is C16H32N2O2. The van der Waals surface area contributed by atoms with Gasteiger partial charge in [-0.1, -0.05) is 19.8 Å². The molecule has 0 aliphatic heterocycles. The van der Waals surface area contributed by atoms with Crippen LogP contribution in [0.25, 0.3) is 0 Å². The van der Waals surface area contributed by atoms with Gasteiger partial charge in [-0.2, -0.15) is 0 Å². The van der Waals surface area contributed by atoms with E-state index >= 15 is 0 Å². The molecule has 0 heterocycles. The maximum atomic E-state index is 11.9. The monoisotopic (exact) mass is 284 g/mol. The van der Waals surface area contributed by atoms with Crippen molar-refractivity contribution in [1.29, 1.82) is 0 Å². The van der Waals surface area contributed by atoms with Gasteiger partial charge in [-0.3, -0.25) is 4.79 Å². The fraction of sp³-hybridized carbons (Fsp3) is 0.938. The SMILES string of the molecule is CCCC(CCN)CCC(=O)NCC1CCC(O)CC1. The van der Waals surface area contributed by atoms with Gasteiger partial charge < -0.3 is 16.2 Å². The summed E-state index contributed by atoms with van der Waals surface area (Å²) in [6.07, 6.45) is 8.67. The van der Waals surface area contributed by atoms with E-state index in [0.717, 1.165) is 58.0 Å². The van der Waals surface area contributed by atoms with Crippen LogP contribution in [0, 0.1) is 11.8 Å². The zero-order valence-electron chi connectivity index (χ0n) is 12.9. The Bertz CT molecular complexity index is 257. The van der Waals surface area contributed by atoms with Crippen LogP contribution in [0.3, 0.4) is 0 Å². The maximum absolute atomic E-state index is 11.9. The second kappa shape index (κ2) is 10.2. The highest BCUT2D eigenvalue weighted by molar-refractivity contribution is 5.75. The van der Waals surface area contributed by atoms with Gasteiger partial charge in [0.15, 0.2) is 0 Å². The molecule has 20 heavy (non-hydrogen) atoms. The minimum absolute atomic E-state index is 0.118. The first-order valence-corrected chi connectivity index (χ1v) is 8.30. The fourth-order valence-electron chi connectivity index (χ4n) is 3.11. The maximum Gasteiger partial charge on any atom is 0.220 e. The molecular weight excluding hydrogens is 252 g/mol. The number of rotatable bonds is 9. The molecule has 4 nitrogen and oxygen atoms in total. The summed E-state index contributed by atoms with van der Waals surface area (Å²) in [6.45, 7) is 3.68. The van der Waals surface area contributed by atoms with Crippen molar-refractivity contribution in [2.75, 3.05) is 13.1 Å². The molecule has 4 heteroatoms. The highest BCUT2D eigenvalue weighted by atomic mass is 16.3. The molecule has 0 bridgehead atoms. The molecule has 1 unspecified atom stereocenters. The Kier molecular flexibility index (Phi) is 8.86. The smallest absolute Gasteiger partial charge is 0.220 e. The average molecular weight is 284 g/mol. The van der Waals surface area contributed by atoms with E-state index in [1.54, 1.807) is 0 Å². The Morgan fingerprint density at radius 1 is 1.25 bits per heavy atom. The van der Waals surface area contributed by atoms with Crippen LogP contribution in [0.2, 0.25) is 0 Å². The van der Waals surface area contributed by atoms with Gasteiger partial charge in [-0.25, -0.2) is 0 Å². The van der Waals surface area contributed by atoms with E-state index in [2.05, 4.69) is 12.2 Å². The minimum Gasteiger partial charge on any atom is -0.393 e. The van der Waals surface area contributed by atoms with Crippen LogP contribution in [-0.4, -0.2) is 30.2 Å². The number of nitrogens with one attached hydrogen (secondary N) is 1. The second-order valence-corrected chi connectivity index (χ2v) is 6.25. The average Bonchev–Trinajstić information content (AvgIpc) is 2.44. The molecule has 1 aliphatic rings. The summed E-state index contributed by atoms with van der Waals surface area (Å²) >= 11 is 0. The van der Waals surface area contributed by atoms with E-state index in [-0.39, 0.29) is 12.0 Å². The van der Waals surface area contributed by atoms with E-state index < -0.39 is 0 Å². The summed E-state index contributed by atoms with van der Waals surface area (Å²) in [5.74, 6) is 1.33. The Morgan fingerprint density at radius 3 is 2.55 bits per heavy atom. The lowest BCUT2D eigenvalue weighted by Gasteiger charge is -2.25. The number of hydrogen-bond donors (Lipinski definition) is 3. The molecule has 0 aromatic rings. The van der Waals surface area contributed by atoms with Gasteiger partial charge in [-0.05, 0) is 56.9 Å². The molecule has 1 rings (SSSR count). The third kappa shape index (κ3) is 7.25. The summed E-state index contributed by atoms with van der Waals surface area (Å²) in [5, 5.41) is 12.5. The van der Waals surface area contributed by atoms with E-state index in [9.17, 15) is 9.90 Å². The Hall–Kier alpha value is -0.610. The van der Waals surface area contributed by atoms with E-state index in [1.807, 2.05) is 0 Å². The number of amides is 1. The Labute approximate surface area is 123 Å². The molecule has 0 spiro atoms. The first kappa shape index (κ1) is 17.4. The number of aliphatic hydroxyl groups excluding tert-OH is 1. The lowest BCUT2D eigenvalue weighted by molar-refractivity contribution is -0.121. The summed E-state index contributed by atoms with van der Waals surface area (Å²) in [5.41, 5.74) is 5.61. The van der Waals surface area contributed by atoms with Gasteiger partial charge in [0.1, 0.15) is 0 Å². The van der Waals surface area contributed by atoms with Crippen molar-refractivity contribution >= 4 is 5.91 Å². The molecule has 1 amide bonds. The molecule has 4 N–H and O–H groups in total. The highest BCUT2D eigenvalue weighted by Crippen LogP contribution is 2.23. The third-order valence-electron chi connectivity index (χ3n) is 4.46. The van der Waals surface area contributed by atoms with Crippen molar-refractivity contribution in [3.63, 3.8) is 0 Å². The first-order chi connectivity index (χ1) is 9.65. The summed E-state index contributed by atoms with van der Waals surface area (Å²) < 4.78 is 0. The molecule has 0 aromatic heterocycles. The van der Waals surface area contributed by atoms with Gasteiger partial charge in [-0.15, -0.1) is 0 Å². The molecule has 1 atom stereocenters. The first-order valence-electron chi connectivity index (χ1n) is 8.30. The van der Waals surface area contributed by atoms with Gasteiger partial charge >= 0.3 is 0 Å². The zero-order chi connectivity index (χ0) is 14.8. The molecule has 1 fully saturated rings. The standard InChI is InChI=1S/C16H32N2O2/c1-2-3-13(10-11-17)6-9-16(20)18-12-14-4-7-15(19)8-5-14/h13-15,19H,2-12,17H2,1H3,(H,18,20). The predicted octanol–water partition coefficient (Wildman–Crippen LogP) is 2.20. The van der Waals surface area contributed by atoms with Gasteiger partial charge in [0.2, 0.25) is 5.91 Å². The van der Waals surface area contributed by atoms with Gasteiger partial charge in [0.25, 0.3) is 0 Å². The number of carbonyl (C=O) groups is 1. The fourth-order valence-corrected chi connectivity index (χ4v) is 3.11. The molecule has 0 aromatic carbocycles. The molecule has 0 radical (unpaired) electrons. The Morgan fingerprint density at radius 2 is 1.95 bits per heavy atom. The van der Waals surface area contributed by atoms with Crippen molar-refractivity contribution in [2.45, 2.75) is 70.8 Å². The van der Waals surface area contributed by atoms with Gasteiger partial charge in [0.05, 0.1) is 6.10 Å². The van der Waals surface area contributed by atoms with Crippen LogP contribution >= 0.6 is 0 Å². The predicted molar refractivity (Wildman–Crippen MR) is 82.3 cm³/mol. The largest absolute Gasteiger partial charge is 0.393 e. The summed E-state index contributed by atoms with van der Waals surface area (Å²) in [7, 11) is 0. The summed E-state index contributed by atoms with van der Waals surface area (Å²) in [4.78, 5) is 11.9. The zero-order valence-corrected chi connectivity index (χ0v) is 12.9. The number of carbonyl (C=O) groups excluding carboxylic acids is 1. The van der Waals surface area contributed by atoms with Crippen molar-refractivity contribution in [3.8, 4) is 0 Å². The van der Waals surface area contributed by atoms with Crippen LogP contribution < -0.4 is 11.1 Å². The molecule has 0 saturated heterocycles. The molecule has 118 valence electrons. The molecule has 1 aliphatic carbocycles. The minimum atomic E-state index is -0.118. The second-order valence-electron chi connectivity index (χ2n) is 6.25. The van der Waals surface area contributed by atoms with Gasteiger partial charge in [0, 0.05) is 13.0 Å². The van der Waals surface area contributed by atoms with E-state index in [1.165, 1.54) is 6.42 Å². The van der Waals surface area contributed by atoms with Crippen LogP contribution in [-0.2, 0) is 4.79 Å². The van der Waals surface area contributed by atoms with Crippen molar-refractivity contribution in [2.24, 2.45) is 17.6 Å². The van der Waals surface area contributed by atoms with Crippen LogP contribution in [0.15, 0.2) is 0 Å². The Balaban J connectivity index is 2.12. The normalized spacial score (nSPS) is 24.4. The summed E-state index contributed by atoms with van der Waals surface area (Å²) in [6, 6.07) is 0. The lowest BCUT2D eigenvalue weighted by atomic mass is 9.87. The van der Waals surface area contributed by atoms with E-state index in [0.29, 0.717) is 18.3 Å². The van der Waals surface area contributed by atoms with Crippen LogP contribution in [0.5, 0.6) is 0 Å². The van der Waals surface area contributed by atoms with Crippen LogP contribution in [0.1, 0.15) is 64.7 Å². The van der Waals surface area contributed by atoms with Crippen molar-refractivity contribution < 1.29 is 9.90 Å². The number of nitrogens with two attached hydrogens (primary N) is 1. The van der Waals surface area contributed by atoms with Crippen LogP contribution in [0.4, 0.5) is 0 Å². The van der Waals surface area contributed by atoms with Crippen molar-refractivity contribution in [1.82, 2.24) is 5.32 Å². The van der Waals surface area contributed by atoms with E-state index in [4.69, 9.17) is 5.73 Å². The third-order valence-corrected chi connectivity index (χ3v) is 4.46. The quantitative estimate of drug-likeness (QED) is 0.607.